The summed E-state index contributed by atoms with van der Waals surface area (Å²) in [4.78, 5) is 28.3. The fourth-order valence-corrected chi connectivity index (χ4v) is 3.31. The first kappa shape index (κ1) is 20.4. The third-order valence-electron chi connectivity index (χ3n) is 4.78. The number of para-hydroxylation sites is 1. The summed E-state index contributed by atoms with van der Waals surface area (Å²) in [6.07, 6.45) is 1.13. The highest BCUT2D eigenvalue weighted by atomic mass is 19.1. The summed E-state index contributed by atoms with van der Waals surface area (Å²) in [6.45, 7) is 0.474. The third kappa shape index (κ3) is 4.11. The van der Waals surface area contributed by atoms with Gasteiger partial charge >= 0.3 is 0 Å². The van der Waals surface area contributed by atoms with E-state index in [0.29, 0.717) is 36.6 Å². The average Bonchev–Trinajstić information content (AvgIpc) is 3.15. The fourth-order valence-electron chi connectivity index (χ4n) is 3.31. The highest BCUT2D eigenvalue weighted by Gasteiger charge is 2.29. The molecule has 0 spiro atoms. The van der Waals surface area contributed by atoms with E-state index in [-0.39, 0.29) is 23.8 Å². The van der Waals surface area contributed by atoms with Crippen LogP contribution in [0.25, 0.3) is 0 Å². The highest BCUT2D eigenvalue weighted by Crippen LogP contribution is 2.39. The van der Waals surface area contributed by atoms with Gasteiger partial charge < -0.3 is 19.1 Å². The predicted octanol–water partition coefficient (Wildman–Crippen LogP) is 3.08. The molecule has 29 heavy (non-hydrogen) atoms. The number of benzene rings is 2. The lowest BCUT2D eigenvalue weighted by molar-refractivity contribution is -0.127. The maximum Gasteiger partial charge on any atom is 0.260 e. The van der Waals surface area contributed by atoms with Crippen LogP contribution >= 0.6 is 0 Å². The minimum atomic E-state index is -0.556. The van der Waals surface area contributed by atoms with Gasteiger partial charge in [-0.15, -0.1) is 0 Å². The molecule has 2 aromatic carbocycles. The monoisotopic (exact) mass is 402 g/mol. The summed E-state index contributed by atoms with van der Waals surface area (Å²) in [5.74, 6) is -0.154. The standard InChI is InChI=1S/C21H23FN2O5/c1-27-17-11-14(12-18(28-2)20(17)29-3)21(26)24(13-23-10-6-9-19(23)25)16-8-5-4-7-15(16)22/h4-5,7-8,11-12H,6,9-10,13H2,1-3H3. The Kier molecular flexibility index (Phi) is 6.21. The van der Waals surface area contributed by atoms with E-state index in [9.17, 15) is 14.0 Å². The van der Waals surface area contributed by atoms with Gasteiger partial charge in [-0.05, 0) is 30.7 Å². The van der Waals surface area contributed by atoms with Crippen molar-refractivity contribution >= 4 is 17.5 Å². The molecule has 0 atom stereocenters. The molecule has 1 heterocycles. The van der Waals surface area contributed by atoms with Gasteiger partial charge in [0.05, 0.1) is 27.0 Å². The Morgan fingerprint density at radius 2 is 1.76 bits per heavy atom. The number of anilines is 1. The molecule has 0 aliphatic carbocycles. The molecule has 0 aromatic heterocycles. The number of rotatable bonds is 7. The van der Waals surface area contributed by atoms with Gasteiger partial charge in [-0.25, -0.2) is 4.39 Å². The van der Waals surface area contributed by atoms with Crippen molar-refractivity contribution < 1.29 is 28.2 Å². The molecule has 2 amide bonds. The number of carbonyl (C=O) groups is 2. The number of ether oxygens (including phenoxy) is 3. The number of nitrogens with zero attached hydrogens (tertiary/aromatic N) is 2. The van der Waals surface area contributed by atoms with E-state index in [2.05, 4.69) is 0 Å². The molecule has 154 valence electrons. The molecule has 0 saturated carbocycles. The molecular weight excluding hydrogens is 379 g/mol. The summed E-state index contributed by atoms with van der Waals surface area (Å²) in [7, 11) is 4.36. The van der Waals surface area contributed by atoms with Crippen molar-refractivity contribution in [3.05, 3.63) is 47.8 Å². The van der Waals surface area contributed by atoms with Crippen LogP contribution in [0.5, 0.6) is 17.2 Å². The predicted molar refractivity (Wildman–Crippen MR) is 105 cm³/mol. The Morgan fingerprint density at radius 1 is 1.10 bits per heavy atom. The average molecular weight is 402 g/mol. The Bertz CT molecular complexity index is 893. The molecule has 0 N–H and O–H groups in total. The first-order chi connectivity index (χ1) is 14.0. The van der Waals surface area contributed by atoms with Crippen LogP contribution in [-0.4, -0.2) is 51.3 Å². The first-order valence-corrected chi connectivity index (χ1v) is 9.14. The van der Waals surface area contributed by atoms with E-state index in [1.807, 2.05) is 0 Å². The summed E-state index contributed by atoms with van der Waals surface area (Å²) in [5.41, 5.74) is 0.306. The van der Waals surface area contributed by atoms with Crippen molar-refractivity contribution in [3.63, 3.8) is 0 Å². The third-order valence-corrected chi connectivity index (χ3v) is 4.78. The van der Waals surface area contributed by atoms with Gasteiger partial charge in [0.2, 0.25) is 11.7 Å². The van der Waals surface area contributed by atoms with Gasteiger partial charge in [-0.1, -0.05) is 12.1 Å². The van der Waals surface area contributed by atoms with Crippen LogP contribution in [0.15, 0.2) is 36.4 Å². The minimum absolute atomic E-state index is 0.0464. The fraction of sp³-hybridized carbons (Fsp3) is 0.333. The van der Waals surface area contributed by atoms with Crippen molar-refractivity contribution in [3.8, 4) is 17.2 Å². The molecule has 0 unspecified atom stereocenters. The normalized spacial score (nSPS) is 13.4. The minimum Gasteiger partial charge on any atom is -0.493 e. The van der Waals surface area contributed by atoms with E-state index in [0.717, 1.165) is 0 Å². The molecule has 1 aliphatic heterocycles. The summed E-state index contributed by atoms with van der Waals surface area (Å²) < 4.78 is 30.5. The first-order valence-electron chi connectivity index (χ1n) is 9.14. The second-order valence-corrected chi connectivity index (χ2v) is 6.50. The zero-order valence-electron chi connectivity index (χ0n) is 16.6. The highest BCUT2D eigenvalue weighted by molar-refractivity contribution is 6.07. The van der Waals surface area contributed by atoms with Crippen molar-refractivity contribution in [2.24, 2.45) is 0 Å². The van der Waals surface area contributed by atoms with Crippen LogP contribution in [0.2, 0.25) is 0 Å². The number of amides is 2. The molecule has 2 aromatic rings. The molecule has 1 saturated heterocycles. The van der Waals surface area contributed by atoms with Crippen LogP contribution in [0, 0.1) is 5.82 Å². The Balaban J connectivity index is 2.04. The molecule has 8 heteroatoms. The number of carbonyl (C=O) groups excluding carboxylic acids is 2. The smallest absolute Gasteiger partial charge is 0.260 e. The van der Waals surface area contributed by atoms with Crippen LogP contribution in [0.4, 0.5) is 10.1 Å². The van der Waals surface area contributed by atoms with E-state index in [1.165, 1.54) is 50.5 Å². The topological polar surface area (TPSA) is 68.3 Å². The lowest BCUT2D eigenvalue weighted by Gasteiger charge is -2.28. The zero-order chi connectivity index (χ0) is 21.0. The Morgan fingerprint density at radius 3 is 2.28 bits per heavy atom. The number of halogens is 1. The Hall–Kier alpha value is -3.29. The quantitative estimate of drug-likeness (QED) is 0.712. The van der Waals surface area contributed by atoms with Crippen LogP contribution < -0.4 is 19.1 Å². The second-order valence-electron chi connectivity index (χ2n) is 6.50. The number of hydrogen-bond donors (Lipinski definition) is 0. The van der Waals surface area contributed by atoms with E-state index < -0.39 is 11.7 Å². The van der Waals surface area contributed by atoms with Crippen molar-refractivity contribution in [2.75, 3.05) is 39.4 Å². The van der Waals surface area contributed by atoms with Gasteiger partial charge in [0, 0.05) is 18.5 Å². The molecule has 0 radical (unpaired) electrons. The van der Waals surface area contributed by atoms with Crippen LogP contribution in [-0.2, 0) is 4.79 Å². The van der Waals surface area contributed by atoms with Crippen molar-refractivity contribution in [1.82, 2.24) is 4.90 Å². The lowest BCUT2D eigenvalue weighted by atomic mass is 10.1. The van der Waals surface area contributed by atoms with E-state index in [4.69, 9.17) is 14.2 Å². The van der Waals surface area contributed by atoms with Gasteiger partial charge in [0.25, 0.3) is 5.91 Å². The molecule has 0 bridgehead atoms. The van der Waals surface area contributed by atoms with Gasteiger partial charge in [0.15, 0.2) is 11.5 Å². The number of methoxy groups -OCH3 is 3. The SMILES string of the molecule is COc1cc(C(=O)N(CN2CCCC2=O)c2ccccc2F)cc(OC)c1OC. The summed E-state index contributed by atoms with van der Waals surface area (Å²) in [6, 6.07) is 8.97. The number of hydrogen-bond acceptors (Lipinski definition) is 5. The summed E-state index contributed by atoms with van der Waals surface area (Å²) >= 11 is 0. The van der Waals surface area contributed by atoms with Gasteiger partial charge in [-0.2, -0.15) is 0 Å². The zero-order valence-corrected chi connectivity index (χ0v) is 16.6. The van der Waals surface area contributed by atoms with Crippen LogP contribution in [0.1, 0.15) is 23.2 Å². The molecular formula is C21H23FN2O5. The lowest BCUT2D eigenvalue weighted by Crippen LogP contribution is -2.42. The molecule has 1 fully saturated rings. The van der Waals surface area contributed by atoms with Crippen molar-refractivity contribution in [1.29, 1.82) is 0 Å². The number of likely N-dealkylation sites (tertiary alicyclic amines) is 1. The van der Waals surface area contributed by atoms with Crippen LogP contribution in [0.3, 0.4) is 0 Å². The van der Waals surface area contributed by atoms with E-state index in [1.54, 1.807) is 17.0 Å². The van der Waals surface area contributed by atoms with Crippen molar-refractivity contribution in [2.45, 2.75) is 12.8 Å². The second kappa shape index (κ2) is 8.81. The Labute approximate surface area is 168 Å². The molecule has 1 aliphatic rings. The van der Waals surface area contributed by atoms with E-state index >= 15 is 0 Å². The van der Waals surface area contributed by atoms with Gasteiger partial charge in [-0.3, -0.25) is 14.5 Å². The maximum absolute atomic E-state index is 14.5. The molecule has 3 rings (SSSR count). The van der Waals surface area contributed by atoms with Gasteiger partial charge in [0.1, 0.15) is 12.5 Å². The summed E-state index contributed by atoms with van der Waals surface area (Å²) in [5, 5.41) is 0. The maximum atomic E-state index is 14.5. The molecule has 7 nitrogen and oxygen atoms in total. The largest absolute Gasteiger partial charge is 0.493 e.